The predicted octanol–water partition coefficient (Wildman–Crippen LogP) is 1.94. The second-order valence-corrected chi connectivity index (χ2v) is 4.99. The highest BCUT2D eigenvalue weighted by atomic mass is 16.3. The minimum absolute atomic E-state index is 0.307. The van der Waals surface area contributed by atoms with Crippen molar-refractivity contribution < 1.29 is 10.2 Å². The fraction of sp³-hybridized carbons (Fsp3) is 1.00. The summed E-state index contributed by atoms with van der Waals surface area (Å²) in [7, 11) is 0. The van der Waals surface area contributed by atoms with E-state index in [2.05, 4.69) is 20.8 Å². The summed E-state index contributed by atoms with van der Waals surface area (Å²) in [6.45, 7) is 6.70. The van der Waals surface area contributed by atoms with Gasteiger partial charge in [0.05, 0.1) is 12.2 Å². The van der Waals surface area contributed by atoms with E-state index in [9.17, 15) is 10.2 Å². The van der Waals surface area contributed by atoms with Gasteiger partial charge in [0.1, 0.15) is 0 Å². The van der Waals surface area contributed by atoms with E-state index in [1.54, 1.807) is 0 Å². The van der Waals surface area contributed by atoms with E-state index in [4.69, 9.17) is 0 Å². The molecule has 1 saturated carbocycles. The molecular formula is C11H22O2. The molecule has 3 atom stereocenters. The van der Waals surface area contributed by atoms with Crippen molar-refractivity contribution in [1.29, 1.82) is 0 Å². The summed E-state index contributed by atoms with van der Waals surface area (Å²) in [6.07, 6.45) is 2.74. The molecule has 1 aliphatic carbocycles. The molecule has 0 aromatic rings. The van der Waals surface area contributed by atoms with Gasteiger partial charge in [0.2, 0.25) is 0 Å². The summed E-state index contributed by atoms with van der Waals surface area (Å²) in [4.78, 5) is 0. The number of aliphatic hydroxyl groups is 2. The van der Waals surface area contributed by atoms with E-state index in [0.717, 1.165) is 25.7 Å². The Balaban J connectivity index is 2.55. The minimum atomic E-state index is -0.496. The molecule has 0 aromatic heterocycles. The summed E-state index contributed by atoms with van der Waals surface area (Å²) < 4.78 is 0. The zero-order valence-electron chi connectivity index (χ0n) is 8.95. The highest BCUT2D eigenvalue weighted by Gasteiger charge is 2.35. The molecule has 0 saturated heterocycles. The maximum absolute atomic E-state index is 9.56. The van der Waals surface area contributed by atoms with Crippen molar-refractivity contribution in [3.8, 4) is 0 Å². The molecule has 0 radical (unpaired) electrons. The molecule has 0 bridgehead atoms. The van der Waals surface area contributed by atoms with E-state index in [-0.39, 0.29) is 0 Å². The third-order valence-corrected chi connectivity index (χ3v) is 3.80. The monoisotopic (exact) mass is 186 g/mol. The van der Waals surface area contributed by atoms with Crippen molar-refractivity contribution in [2.45, 2.75) is 58.7 Å². The Morgan fingerprint density at radius 3 is 2.23 bits per heavy atom. The van der Waals surface area contributed by atoms with Crippen LogP contribution in [0.5, 0.6) is 0 Å². The number of rotatable bonds is 2. The molecule has 3 unspecified atom stereocenters. The van der Waals surface area contributed by atoms with Crippen molar-refractivity contribution in [2.24, 2.45) is 11.3 Å². The van der Waals surface area contributed by atoms with Crippen LogP contribution in [0, 0.1) is 11.3 Å². The van der Waals surface area contributed by atoms with Gasteiger partial charge in [0.15, 0.2) is 0 Å². The van der Waals surface area contributed by atoms with Gasteiger partial charge in [-0.3, -0.25) is 0 Å². The van der Waals surface area contributed by atoms with Crippen LogP contribution in [-0.4, -0.2) is 22.4 Å². The molecule has 1 fully saturated rings. The predicted molar refractivity (Wildman–Crippen MR) is 53.4 cm³/mol. The quantitative estimate of drug-likeness (QED) is 0.692. The molecule has 78 valence electrons. The molecule has 0 aromatic carbocycles. The molecule has 0 spiro atoms. The molecule has 0 aliphatic heterocycles. The SMILES string of the molecule is CCC(C)(C)C1CCC(O)C(O)C1. The molecular weight excluding hydrogens is 164 g/mol. The Bertz CT molecular complexity index is 165. The fourth-order valence-electron chi connectivity index (χ4n) is 2.13. The first kappa shape index (κ1) is 11.0. The van der Waals surface area contributed by atoms with E-state index >= 15 is 0 Å². The van der Waals surface area contributed by atoms with Gasteiger partial charge in [-0.15, -0.1) is 0 Å². The van der Waals surface area contributed by atoms with Crippen LogP contribution < -0.4 is 0 Å². The first-order valence-electron chi connectivity index (χ1n) is 5.33. The van der Waals surface area contributed by atoms with Crippen LogP contribution in [0.3, 0.4) is 0 Å². The second kappa shape index (κ2) is 3.97. The minimum Gasteiger partial charge on any atom is -0.390 e. The number of hydrogen-bond acceptors (Lipinski definition) is 2. The lowest BCUT2D eigenvalue weighted by molar-refractivity contribution is -0.0465. The Labute approximate surface area is 81.0 Å². The molecule has 13 heavy (non-hydrogen) atoms. The topological polar surface area (TPSA) is 40.5 Å². The van der Waals surface area contributed by atoms with Gasteiger partial charge >= 0.3 is 0 Å². The average Bonchev–Trinajstić information content (AvgIpc) is 2.09. The first-order valence-corrected chi connectivity index (χ1v) is 5.33. The van der Waals surface area contributed by atoms with E-state index in [1.165, 1.54) is 0 Å². The molecule has 0 heterocycles. The first-order chi connectivity index (χ1) is 5.97. The molecule has 0 amide bonds. The van der Waals surface area contributed by atoms with Gasteiger partial charge in [-0.2, -0.15) is 0 Å². The Morgan fingerprint density at radius 2 is 1.77 bits per heavy atom. The second-order valence-electron chi connectivity index (χ2n) is 4.99. The van der Waals surface area contributed by atoms with Gasteiger partial charge in [-0.1, -0.05) is 27.2 Å². The van der Waals surface area contributed by atoms with Gasteiger partial charge in [-0.25, -0.2) is 0 Å². The summed E-state index contributed by atoms with van der Waals surface area (Å²) in [6, 6.07) is 0. The summed E-state index contributed by atoms with van der Waals surface area (Å²) in [5.41, 5.74) is 0.307. The lowest BCUT2D eigenvalue weighted by atomic mass is 9.68. The summed E-state index contributed by atoms with van der Waals surface area (Å²) >= 11 is 0. The Morgan fingerprint density at radius 1 is 1.15 bits per heavy atom. The average molecular weight is 186 g/mol. The molecule has 1 rings (SSSR count). The van der Waals surface area contributed by atoms with Crippen LogP contribution in [-0.2, 0) is 0 Å². The van der Waals surface area contributed by atoms with Crippen LogP contribution in [0.2, 0.25) is 0 Å². The summed E-state index contributed by atoms with van der Waals surface area (Å²) in [5.74, 6) is 0.566. The van der Waals surface area contributed by atoms with Crippen molar-refractivity contribution in [3.63, 3.8) is 0 Å². The van der Waals surface area contributed by atoms with Gasteiger partial charge in [-0.05, 0) is 30.6 Å². The van der Waals surface area contributed by atoms with E-state index < -0.39 is 12.2 Å². The standard InChI is InChI=1S/C11H22O2/c1-4-11(2,3)8-5-6-9(12)10(13)7-8/h8-10,12-13H,4-7H2,1-3H3. The molecule has 2 nitrogen and oxygen atoms in total. The van der Waals surface area contributed by atoms with Crippen LogP contribution in [0.4, 0.5) is 0 Å². The van der Waals surface area contributed by atoms with Crippen molar-refractivity contribution >= 4 is 0 Å². The van der Waals surface area contributed by atoms with Crippen molar-refractivity contribution in [3.05, 3.63) is 0 Å². The lowest BCUT2D eigenvalue weighted by Crippen LogP contribution is -2.38. The Kier molecular flexibility index (Phi) is 3.36. The zero-order chi connectivity index (χ0) is 10.1. The van der Waals surface area contributed by atoms with Crippen LogP contribution in [0.1, 0.15) is 46.5 Å². The van der Waals surface area contributed by atoms with Crippen LogP contribution >= 0.6 is 0 Å². The molecule has 2 heteroatoms. The molecule has 2 N–H and O–H groups in total. The maximum atomic E-state index is 9.56. The van der Waals surface area contributed by atoms with Gasteiger partial charge < -0.3 is 10.2 Å². The highest BCUT2D eigenvalue weighted by Crippen LogP contribution is 2.40. The van der Waals surface area contributed by atoms with Gasteiger partial charge in [0, 0.05) is 0 Å². The third-order valence-electron chi connectivity index (χ3n) is 3.80. The smallest absolute Gasteiger partial charge is 0.0802 e. The van der Waals surface area contributed by atoms with Crippen molar-refractivity contribution in [1.82, 2.24) is 0 Å². The van der Waals surface area contributed by atoms with E-state index in [1.807, 2.05) is 0 Å². The third kappa shape index (κ3) is 2.44. The van der Waals surface area contributed by atoms with Crippen LogP contribution in [0.15, 0.2) is 0 Å². The fourth-order valence-corrected chi connectivity index (χ4v) is 2.13. The maximum Gasteiger partial charge on any atom is 0.0802 e. The molecule has 1 aliphatic rings. The normalized spacial score (nSPS) is 36.2. The number of aliphatic hydroxyl groups excluding tert-OH is 2. The lowest BCUT2D eigenvalue weighted by Gasteiger charge is -2.39. The zero-order valence-corrected chi connectivity index (χ0v) is 8.95. The largest absolute Gasteiger partial charge is 0.390 e. The van der Waals surface area contributed by atoms with E-state index in [0.29, 0.717) is 11.3 Å². The highest BCUT2D eigenvalue weighted by molar-refractivity contribution is 4.86. The number of hydrogen-bond donors (Lipinski definition) is 2. The summed E-state index contributed by atoms with van der Waals surface area (Å²) in [5, 5.41) is 18.9. The van der Waals surface area contributed by atoms with Crippen LogP contribution in [0.25, 0.3) is 0 Å². The Hall–Kier alpha value is -0.0800. The van der Waals surface area contributed by atoms with Gasteiger partial charge in [0.25, 0.3) is 0 Å². The van der Waals surface area contributed by atoms with Crippen molar-refractivity contribution in [2.75, 3.05) is 0 Å².